The lowest BCUT2D eigenvalue weighted by Crippen LogP contribution is -2.53. The van der Waals surface area contributed by atoms with E-state index in [2.05, 4.69) is 0 Å². The van der Waals surface area contributed by atoms with Crippen LogP contribution in [0.5, 0.6) is 0 Å². The molecule has 2 aromatic carbocycles. The largest absolute Gasteiger partial charge is 0.335 e. The molecule has 2 fully saturated rings. The first-order valence-electron chi connectivity index (χ1n) is 10.0. The Balaban J connectivity index is 1.36. The number of anilines is 1. The molecule has 2 saturated heterocycles. The van der Waals surface area contributed by atoms with Crippen LogP contribution in [0.2, 0.25) is 0 Å². The SMILES string of the molecule is Cc1ccc(CN2CCN(C(=O)[C@@H]3CCN(c4ccccc4)C3=O)CC2=O)cc1. The summed E-state index contributed by atoms with van der Waals surface area (Å²) in [6.45, 7) is 4.10. The van der Waals surface area contributed by atoms with Gasteiger partial charge >= 0.3 is 0 Å². The van der Waals surface area contributed by atoms with E-state index in [0.29, 0.717) is 32.6 Å². The number of piperazine rings is 1. The minimum Gasteiger partial charge on any atom is -0.335 e. The van der Waals surface area contributed by atoms with Gasteiger partial charge in [-0.15, -0.1) is 0 Å². The van der Waals surface area contributed by atoms with Gasteiger partial charge in [0.05, 0.1) is 6.54 Å². The summed E-state index contributed by atoms with van der Waals surface area (Å²) < 4.78 is 0. The van der Waals surface area contributed by atoms with Crippen molar-refractivity contribution < 1.29 is 14.4 Å². The van der Waals surface area contributed by atoms with E-state index in [1.807, 2.05) is 61.5 Å². The van der Waals surface area contributed by atoms with E-state index >= 15 is 0 Å². The number of nitrogens with zero attached hydrogens (tertiary/aromatic N) is 3. The summed E-state index contributed by atoms with van der Waals surface area (Å²) in [4.78, 5) is 43.3. The Kier molecular flexibility index (Phi) is 5.34. The Hall–Kier alpha value is -3.15. The minimum absolute atomic E-state index is 0.0415. The van der Waals surface area contributed by atoms with E-state index in [0.717, 1.165) is 11.3 Å². The highest BCUT2D eigenvalue weighted by Crippen LogP contribution is 2.27. The lowest BCUT2D eigenvalue weighted by molar-refractivity contribution is -0.149. The van der Waals surface area contributed by atoms with E-state index in [9.17, 15) is 14.4 Å². The first-order chi connectivity index (χ1) is 14.0. The molecule has 0 saturated carbocycles. The van der Waals surface area contributed by atoms with Crippen molar-refractivity contribution in [3.05, 3.63) is 65.7 Å². The summed E-state index contributed by atoms with van der Waals surface area (Å²) in [7, 11) is 0. The Morgan fingerprint density at radius 1 is 0.966 bits per heavy atom. The highest BCUT2D eigenvalue weighted by Gasteiger charge is 2.41. The smallest absolute Gasteiger partial charge is 0.242 e. The molecule has 3 amide bonds. The van der Waals surface area contributed by atoms with Crippen molar-refractivity contribution in [3.63, 3.8) is 0 Å². The van der Waals surface area contributed by atoms with Crippen LogP contribution in [0, 0.1) is 12.8 Å². The van der Waals surface area contributed by atoms with Crippen molar-refractivity contribution in [2.75, 3.05) is 31.1 Å². The predicted molar refractivity (Wildman–Crippen MR) is 110 cm³/mol. The highest BCUT2D eigenvalue weighted by molar-refractivity contribution is 6.10. The average molecular weight is 391 g/mol. The molecule has 29 heavy (non-hydrogen) atoms. The molecule has 0 aromatic heterocycles. The number of hydrogen-bond acceptors (Lipinski definition) is 3. The van der Waals surface area contributed by atoms with E-state index in [1.54, 1.807) is 14.7 Å². The van der Waals surface area contributed by atoms with Crippen molar-refractivity contribution in [2.24, 2.45) is 5.92 Å². The Bertz CT molecular complexity index is 911. The van der Waals surface area contributed by atoms with Crippen LogP contribution in [0.1, 0.15) is 17.5 Å². The molecule has 150 valence electrons. The third-order valence-electron chi connectivity index (χ3n) is 5.70. The van der Waals surface area contributed by atoms with Gasteiger partial charge in [-0.3, -0.25) is 14.4 Å². The number of para-hydroxylation sites is 1. The molecule has 4 rings (SSSR count). The lowest BCUT2D eigenvalue weighted by atomic mass is 10.1. The van der Waals surface area contributed by atoms with E-state index < -0.39 is 5.92 Å². The normalized spacial score (nSPS) is 19.8. The van der Waals surface area contributed by atoms with E-state index in [1.165, 1.54) is 5.56 Å². The van der Waals surface area contributed by atoms with Crippen molar-refractivity contribution in [1.82, 2.24) is 9.80 Å². The monoisotopic (exact) mass is 391 g/mol. The van der Waals surface area contributed by atoms with E-state index in [4.69, 9.17) is 0 Å². The number of amides is 3. The van der Waals surface area contributed by atoms with Gasteiger partial charge in [0.25, 0.3) is 0 Å². The van der Waals surface area contributed by atoms with Gasteiger partial charge < -0.3 is 14.7 Å². The van der Waals surface area contributed by atoms with Gasteiger partial charge in [0.15, 0.2) is 0 Å². The van der Waals surface area contributed by atoms with Crippen LogP contribution < -0.4 is 4.90 Å². The topological polar surface area (TPSA) is 60.9 Å². The molecule has 6 heteroatoms. The summed E-state index contributed by atoms with van der Waals surface area (Å²) in [5.41, 5.74) is 3.07. The molecule has 1 atom stereocenters. The zero-order valence-corrected chi connectivity index (χ0v) is 16.6. The molecule has 0 N–H and O–H groups in total. The zero-order chi connectivity index (χ0) is 20.4. The third-order valence-corrected chi connectivity index (χ3v) is 5.70. The molecule has 6 nitrogen and oxygen atoms in total. The van der Waals surface area contributed by atoms with Crippen LogP contribution in [0.4, 0.5) is 5.69 Å². The fraction of sp³-hybridized carbons (Fsp3) is 0.348. The number of carbonyl (C=O) groups is 3. The van der Waals surface area contributed by atoms with Crippen LogP contribution >= 0.6 is 0 Å². The van der Waals surface area contributed by atoms with Crippen LogP contribution in [0.25, 0.3) is 0 Å². The maximum atomic E-state index is 12.9. The molecule has 0 bridgehead atoms. The molecule has 0 unspecified atom stereocenters. The Morgan fingerprint density at radius 2 is 1.69 bits per heavy atom. The minimum atomic E-state index is -0.688. The summed E-state index contributed by atoms with van der Waals surface area (Å²) in [5.74, 6) is -1.16. The quantitative estimate of drug-likeness (QED) is 0.751. The van der Waals surface area contributed by atoms with Crippen LogP contribution in [0.3, 0.4) is 0 Å². The molecule has 0 radical (unpaired) electrons. The average Bonchev–Trinajstić information content (AvgIpc) is 3.12. The first-order valence-corrected chi connectivity index (χ1v) is 10.0. The zero-order valence-electron chi connectivity index (χ0n) is 16.6. The number of rotatable bonds is 4. The molecule has 2 aliphatic heterocycles. The van der Waals surface area contributed by atoms with Gasteiger partial charge in [-0.05, 0) is 31.0 Å². The molecule has 2 heterocycles. The van der Waals surface area contributed by atoms with Crippen LogP contribution in [-0.2, 0) is 20.9 Å². The molecule has 2 aromatic rings. The maximum Gasteiger partial charge on any atom is 0.242 e. The second kappa shape index (κ2) is 8.07. The van der Waals surface area contributed by atoms with Gasteiger partial charge in [-0.1, -0.05) is 48.0 Å². The van der Waals surface area contributed by atoms with Crippen molar-refractivity contribution in [3.8, 4) is 0 Å². The molecular formula is C23H25N3O3. The standard InChI is InChI=1S/C23H25N3O3/c1-17-7-9-18(10-8-17)15-24-13-14-25(16-21(24)27)22(28)20-11-12-26(23(20)29)19-5-3-2-4-6-19/h2-10,20H,11-16H2,1H3/t20-/m0/s1. The summed E-state index contributed by atoms with van der Waals surface area (Å²) >= 11 is 0. The second-order valence-electron chi connectivity index (χ2n) is 7.73. The molecule has 2 aliphatic rings. The maximum absolute atomic E-state index is 12.9. The van der Waals surface area contributed by atoms with Gasteiger partial charge in [0.2, 0.25) is 17.7 Å². The van der Waals surface area contributed by atoms with Crippen molar-refractivity contribution in [1.29, 1.82) is 0 Å². The van der Waals surface area contributed by atoms with Gasteiger partial charge in [-0.25, -0.2) is 0 Å². The number of hydrogen-bond donors (Lipinski definition) is 0. The van der Waals surface area contributed by atoms with Gasteiger partial charge in [0.1, 0.15) is 5.92 Å². The fourth-order valence-electron chi connectivity index (χ4n) is 3.97. The predicted octanol–water partition coefficient (Wildman–Crippen LogP) is 2.22. The van der Waals surface area contributed by atoms with Gasteiger partial charge in [-0.2, -0.15) is 0 Å². The highest BCUT2D eigenvalue weighted by atomic mass is 16.2. The van der Waals surface area contributed by atoms with Gasteiger partial charge in [0, 0.05) is 31.9 Å². The van der Waals surface area contributed by atoms with Crippen LogP contribution in [0.15, 0.2) is 54.6 Å². The molecule has 0 aliphatic carbocycles. The Labute approximate surface area is 170 Å². The first kappa shape index (κ1) is 19.2. The number of aryl methyl sites for hydroxylation is 1. The molecule has 0 spiro atoms. The molecular weight excluding hydrogens is 366 g/mol. The number of benzene rings is 2. The summed E-state index contributed by atoms with van der Waals surface area (Å²) in [6, 6.07) is 17.5. The summed E-state index contributed by atoms with van der Waals surface area (Å²) in [6.07, 6.45) is 0.490. The van der Waals surface area contributed by atoms with Crippen LogP contribution in [-0.4, -0.2) is 53.7 Å². The van der Waals surface area contributed by atoms with Crippen molar-refractivity contribution in [2.45, 2.75) is 19.9 Å². The van der Waals surface area contributed by atoms with E-state index in [-0.39, 0.29) is 24.3 Å². The second-order valence-corrected chi connectivity index (χ2v) is 7.73. The fourth-order valence-corrected chi connectivity index (χ4v) is 3.97. The lowest BCUT2D eigenvalue weighted by Gasteiger charge is -2.35. The summed E-state index contributed by atoms with van der Waals surface area (Å²) in [5, 5.41) is 0. The van der Waals surface area contributed by atoms with Crippen molar-refractivity contribution >= 4 is 23.4 Å². The number of carbonyl (C=O) groups excluding carboxylic acids is 3. The third kappa shape index (κ3) is 4.01. The Morgan fingerprint density at radius 3 is 2.38 bits per heavy atom.